The molecule has 0 saturated carbocycles. The van der Waals surface area contributed by atoms with E-state index in [0.29, 0.717) is 0 Å². The second-order valence-electron chi connectivity index (χ2n) is 8.39. The number of carboxylic acid groups (broad SMARTS) is 2. The van der Waals surface area contributed by atoms with Gasteiger partial charge in [-0.1, -0.05) is 0 Å². The Kier molecular flexibility index (Phi) is 8.65. The Labute approximate surface area is 196 Å². The van der Waals surface area contributed by atoms with Crippen molar-refractivity contribution in [2.24, 2.45) is 0 Å². The normalized spacial score (nSPS) is 51.1. The lowest BCUT2D eigenvalue weighted by Crippen LogP contribution is -2.67. The largest absolute Gasteiger partial charge is 0.479 e. The highest BCUT2D eigenvalue weighted by molar-refractivity contribution is 5.74. The predicted octanol–water partition coefficient (Wildman–Crippen LogP) is -6.36. The third kappa shape index (κ3) is 5.42. The lowest BCUT2D eigenvalue weighted by molar-refractivity contribution is -0.372. The Hall–Kier alpha value is -1.58. The van der Waals surface area contributed by atoms with E-state index in [1.165, 1.54) is 6.92 Å². The van der Waals surface area contributed by atoms with Gasteiger partial charge in [0.15, 0.2) is 31.1 Å². The van der Waals surface area contributed by atoms with Crippen LogP contribution in [0.15, 0.2) is 0 Å². The first-order valence-corrected chi connectivity index (χ1v) is 10.4. The molecule has 10 N–H and O–H groups in total. The van der Waals surface area contributed by atoms with Crippen LogP contribution >= 0.6 is 0 Å². The van der Waals surface area contributed by atoms with Crippen LogP contribution in [0.4, 0.5) is 0 Å². The monoisotopic (exact) mass is 516 g/mol. The van der Waals surface area contributed by atoms with Gasteiger partial charge in [0, 0.05) is 0 Å². The highest BCUT2D eigenvalue weighted by Crippen LogP contribution is 2.32. The summed E-state index contributed by atoms with van der Waals surface area (Å²) in [6.07, 6.45) is -28.9. The topological polar surface area (TPSA) is 283 Å². The maximum absolute atomic E-state index is 11.6. The zero-order valence-corrected chi connectivity index (χ0v) is 18.0. The second-order valence-corrected chi connectivity index (χ2v) is 8.39. The van der Waals surface area contributed by atoms with E-state index in [1.54, 1.807) is 0 Å². The standard InChI is InChI=1S/C18H28O17/c1-2-3(19)10(8(24)16(30)31-2)32-18-9(25)11(7(23)13(35-18)15(28)29)33-17-6(22)4(20)5(21)12(34-17)14(26)27/h2-13,16-25,30H,1H3,(H,26,27)(H,28,29)/t2-,3-,4+,5-,6-,7+,8+,9+,10+,11-,12-,13-,16-,17+,18-/m0/s1. The summed E-state index contributed by atoms with van der Waals surface area (Å²) in [5, 5.41) is 99.6. The van der Waals surface area contributed by atoms with Crippen LogP contribution in [0.2, 0.25) is 0 Å². The van der Waals surface area contributed by atoms with E-state index < -0.39 is 104 Å². The molecule has 0 aliphatic carbocycles. The fourth-order valence-electron chi connectivity index (χ4n) is 3.96. The molecule has 35 heavy (non-hydrogen) atoms. The van der Waals surface area contributed by atoms with E-state index in [9.17, 15) is 55.5 Å². The van der Waals surface area contributed by atoms with E-state index in [0.717, 1.165) is 0 Å². The summed E-state index contributed by atoms with van der Waals surface area (Å²) in [4.78, 5) is 22.9. The van der Waals surface area contributed by atoms with Crippen molar-refractivity contribution in [2.75, 3.05) is 0 Å². The summed E-state index contributed by atoms with van der Waals surface area (Å²) >= 11 is 0. The van der Waals surface area contributed by atoms with Crippen molar-refractivity contribution in [3.63, 3.8) is 0 Å². The van der Waals surface area contributed by atoms with Gasteiger partial charge in [-0.3, -0.25) is 0 Å². The molecule has 0 radical (unpaired) electrons. The SMILES string of the molecule is C[C@@H]1O[C@H](O)[C@H](O)[C@H](O[C@H]2O[C@H](C(=O)O)[C@H](O)[C@H](O[C@@H]3O[C@H](C(=O)O)[C@@H](O)[C@@H](O)[C@@H]3O)[C@H]2O)[C@H]1O. The van der Waals surface area contributed by atoms with Gasteiger partial charge >= 0.3 is 11.9 Å². The summed E-state index contributed by atoms with van der Waals surface area (Å²) in [5.74, 6) is -3.51. The zero-order chi connectivity index (χ0) is 26.4. The van der Waals surface area contributed by atoms with Crippen LogP contribution in [-0.2, 0) is 33.3 Å². The molecule has 0 aromatic heterocycles. The number of carbonyl (C=O) groups is 2. The van der Waals surface area contributed by atoms with Gasteiger partial charge in [0.2, 0.25) is 0 Å². The Balaban J connectivity index is 1.84. The highest BCUT2D eigenvalue weighted by atomic mass is 16.7. The molecule has 0 unspecified atom stereocenters. The number of hydrogen-bond donors (Lipinski definition) is 10. The zero-order valence-electron chi connectivity index (χ0n) is 18.0. The van der Waals surface area contributed by atoms with Crippen molar-refractivity contribution < 1.29 is 84.3 Å². The highest BCUT2D eigenvalue weighted by Gasteiger charge is 2.55. The van der Waals surface area contributed by atoms with Crippen LogP contribution in [0.25, 0.3) is 0 Å². The summed E-state index contributed by atoms with van der Waals surface area (Å²) in [6, 6.07) is 0. The van der Waals surface area contributed by atoms with Crippen LogP contribution in [0.5, 0.6) is 0 Å². The van der Waals surface area contributed by atoms with E-state index in [2.05, 4.69) is 0 Å². The summed E-state index contributed by atoms with van der Waals surface area (Å²) in [5.41, 5.74) is 0. The Morgan fingerprint density at radius 2 is 1.03 bits per heavy atom. The summed E-state index contributed by atoms with van der Waals surface area (Å²) in [6.45, 7) is 1.32. The molecule has 0 bridgehead atoms. The number of rotatable bonds is 6. The van der Waals surface area contributed by atoms with Crippen molar-refractivity contribution >= 4 is 11.9 Å². The van der Waals surface area contributed by atoms with Crippen molar-refractivity contribution in [1.29, 1.82) is 0 Å². The number of aliphatic hydroxyl groups excluding tert-OH is 8. The van der Waals surface area contributed by atoms with Gasteiger partial charge in [0.1, 0.15) is 54.9 Å². The van der Waals surface area contributed by atoms with Crippen molar-refractivity contribution in [1.82, 2.24) is 0 Å². The van der Waals surface area contributed by atoms with Crippen LogP contribution in [-0.4, -0.2) is 155 Å². The number of aliphatic carboxylic acids is 2. The van der Waals surface area contributed by atoms with Gasteiger partial charge in [0.05, 0.1) is 6.10 Å². The van der Waals surface area contributed by atoms with Gasteiger partial charge in [-0.05, 0) is 6.92 Å². The molecule has 3 aliphatic rings. The number of hydrogen-bond acceptors (Lipinski definition) is 15. The van der Waals surface area contributed by atoms with E-state index in [-0.39, 0.29) is 0 Å². The molecule has 3 heterocycles. The van der Waals surface area contributed by atoms with Gasteiger partial charge in [-0.15, -0.1) is 0 Å². The van der Waals surface area contributed by atoms with Gasteiger partial charge in [-0.2, -0.15) is 0 Å². The molecule has 3 aliphatic heterocycles. The number of ether oxygens (including phenoxy) is 5. The molecule has 3 rings (SSSR count). The lowest BCUT2D eigenvalue weighted by atomic mass is 9.96. The van der Waals surface area contributed by atoms with Gasteiger partial charge < -0.3 is 74.7 Å². The molecule has 202 valence electrons. The van der Waals surface area contributed by atoms with E-state index >= 15 is 0 Å². The fraction of sp³-hybridized carbons (Fsp3) is 0.889. The van der Waals surface area contributed by atoms with Gasteiger partial charge in [0.25, 0.3) is 0 Å². The molecule has 3 saturated heterocycles. The molecular weight excluding hydrogens is 488 g/mol. The van der Waals surface area contributed by atoms with Crippen molar-refractivity contribution in [2.45, 2.75) is 99.0 Å². The average molecular weight is 516 g/mol. The maximum Gasteiger partial charge on any atom is 0.335 e. The van der Waals surface area contributed by atoms with Crippen LogP contribution < -0.4 is 0 Å². The molecule has 17 nitrogen and oxygen atoms in total. The second kappa shape index (κ2) is 10.8. The number of aliphatic hydroxyl groups is 8. The molecule has 17 heteroatoms. The third-order valence-electron chi connectivity index (χ3n) is 5.98. The third-order valence-corrected chi connectivity index (χ3v) is 5.98. The predicted molar refractivity (Wildman–Crippen MR) is 101 cm³/mol. The minimum absolute atomic E-state index is 1.07. The Morgan fingerprint density at radius 3 is 1.54 bits per heavy atom. The summed E-state index contributed by atoms with van der Waals surface area (Å²) in [7, 11) is 0. The number of carboxylic acids is 2. The first-order valence-electron chi connectivity index (χ1n) is 10.4. The van der Waals surface area contributed by atoms with Gasteiger partial charge in [-0.25, -0.2) is 9.59 Å². The summed E-state index contributed by atoms with van der Waals surface area (Å²) < 4.78 is 25.4. The molecule has 0 spiro atoms. The molecule has 0 amide bonds. The average Bonchev–Trinajstić information content (AvgIpc) is 2.78. The molecule has 15 atom stereocenters. The van der Waals surface area contributed by atoms with E-state index in [4.69, 9.17) is 28.8 Å². The molecular formula is C18H28O17. The first-order chi connectivity index (χ1) is 16.3. The fourth-order valence-corrected chi connectivity index (χ4v) is 3.96. The Morgan fingerprint density at radius 1 is 0.571 bits per heavy atom. The lowest BCUT2D eigenvalue weighted by Gasteiger charge is -2.47. The van der Waals surface area contributed by atoms with Crippen molar-refractivity contribution in [3.05, 3.63) is 0 Å². The maximum atomic E-state index is 11.6. The van der Waals surface area contributed by atoms with Crippen LogP contribution in [0, 0.1) is 0 Å². The minimum Gasteiger partial charge on any atom is -0.479 e. The molecule has 0 aromatic rings. The van der Waals surface area contributed by atoms with Crippen LogP contribution in [0.3, 0.4) is 0 Å². The van der Waals surface area contributed by atoms with Crippen molar-refractivity contribution in [3.8, 4) is 0 Å². The Bertz CT molecular complexity index is 751. The molecule has 3 fully saturated rings. The quantitative estimate of drug-likeness (QED) is 0.157. The molecule has 0 aromatic carbocycles. The van der Waals surface area contributed by atoms with E-state index in [1.807, 2.05) is 0 Å². The van der Waals surface area contributed by atoms with Crippen LogP contribution in [0.1, 0.15) is 6.92 Å². The first kappa shape index (κ1) is 28.0. The smallest absolute Gasteiger partial charge is 0.335 e. The minimum atomic E-state index is -2.17.